The molecule has 2 atom stereocenters. The molecule has 0 aliphatic carbocycles. The zero-order valence-electron chi connectivity index (χ0n) is 8.39. The topological polar surface area (TPSA) is 80.4 Å². The molecule has 0 aliphatic rings. The smallest absolute Gasteiger partial charge is 0.206 e. The van der Waals surface area contributed by atoms with Gasteiger partial charge in [0.15, 0.2) is 9.84 Å². The van der Waals surface area contributed by atoms with Gasteiger partial charge in [-0.3, -0.25) is 0 Å². The van der Waals surface area contributed by atoms with Crippen LogP contribution in [-0.4, -0.2) is 21.4 Å². The van der Waals surface area contributed by atoms with Crippen molar-refractivity contribution in [2.24, 2.45) is 0 Å². The van der Waals surface area contributed by atoms with Gasteiger partial charge in [0.25, 0.3) is 0 Å². The van der Waals surface area contributed by atoms with Gasteiger partial charge >= 0.3 is 0 Å². The Morgan fingerprint density at radius 3 is 2.25 bits per heavy atom. The van der Waals surface area contributed by atoms with Crippen LogP contribution >= 0.6 is 38.5 Å². The van der Waals surface area contributed by atoms with Crippen LogP contribution < -0.4 is 5.73 Å². The molecule has 90 valence electrons. The lowest BCUT2D eigenvalue weighted by atomic mass is 10.1. The molecule has 0 radical (unpaired) electrons. The maximum absolute atomic E-state index is 11.5. The number of aliphatic hydroxyl groups excluding tert-OH is 1. The van der Waals surface area contributed by atoms with E-state index >= 15 is 0 Å². The van der Waals surface area contributed by atoms with E-state index in [1.165, 1.54) is 0 Å². The minimum absolute atomic E-state index is 0.492. The molecule has 1 aromatic rings. The van der Waals surface area contributed by atoms with Crippen LogP contribution in [0, 0.1) is 0 Å². The molecule has 1 aromatic carbocycles. The molecule has 0 aliphatic heterocycles. The van der Waals surface area contributed by atoms with Crippen LogP contribution in [0.5, 0.6) is 0 Å². The lowest BCUT2D eigenvalue weighted by Gasteiger charge is -2.25. The van der Waals surface area contributed by atoms with E-state index in [2.05, 4.69) is 15.9 Å². The Bertz CT molecular complexity index is 472. The molecule has 16 heavy (non-hydrogen) atoms. The molecular weight excluding hydrogens is 409 g/mol. The van der Waals surface area contributed by atoms with E-state index in [1.54, 1.807) is 46.9 Å². The molecule has 0 heterocycles. The summed E-state index contributed by atoms with van der Waals surface area (Å²) < 4.78 is 21.6. The summed E-state index contributed by atoms with van der Waals surface area (Å²) >= 11 is 4.71. The number of sulfone groups is 1. The number of hydrogen-bond acceptors (Lipinski definition) is 4. The van der Waals surface area contributed by atoms with Gasteiger partial charge in [-0.05, 0) is 40.3 Å². The number of benzene rings is 1. The molecule has 7 heteroatoms. The number of anilines is 1. The van der Waals surface area contributed by atoms with Gasteiger partial charge in [0.1, 0.15) is 6.10 Å². The summed E-state index contributed by atoms with van der Waals surface area (Å²) in [5, 5.41) is 10.0. The Kier molecular flexibility index (Phi) is 4.25. The van der Waals surface area contributed by atoms with Crippen molar-refractivity contribution in [3.63, 3.8) is 0 Å². The van der Waals surface area contributed by atoms with Gasteiger partial charge in [-0.1, -0.05) is 28.1 Å². The molecular formula is C9H11BrINO3S. The summed E-state index contributed by atoms with van der Waals surface area (Å²) in [6.45, 7) is 0. The zero-order chi connectivity index (χ0) is 12.6. The highest BCUT2D eigenvalue weighted by molar-refractivity contribution is 14.1. The Labute approximate surface area is 116 Å². The number of rotatable bonds is 3. The van der Waals surface area contributed by atoms with E-state index in [-0.39, 0.29) is 0 Å². The standard InChI is InChI=1S/C9H11BrINO3S/c1-16(14,15)9(10,11)8(13)6-2-4-7(12)5-3-6/h2-5,8,13H,12H2,1H3/t8-,9-/m1/s1. The molecule has 0 bridgehead atoms. The first kappa shape index (κ1) is 14.2. The van der Waals surface area contributed by atoms with Gasteiger partial charge in [-0.2, -0.15) is 0 Å². The Morgan fingerprint density at radius 2 is 1.88 bits per heavy atom. The van der Waals surface area contributed by atoms with E-state index in [4.69, 9.17) is 5.73 Å². The fraction of sp³-hybridized carbons (Fsp3) is 0.333. The monoisotopic (exact) mass is 419 g/mol. The highest BCUT2D eigenvalue weighted by Crippen LogP contribution is 2.44. The Balaban J connectivity index is 3.12. The van der Waals surface area contributed by atoms with Crippen LogP contribution in [0.15, 0.2) is 24.3 Å². The molecule has 0 fully saturated rings. The van der Waals surface area contributed by atoms with Crippen LogP contribution in [0.25, 0.3) is 0 Å². The van der Waals surface area contributed by atoms with Crippen molar-refractivity contribution in [3.05, 3.63) is 29.8 Å². The van der Waals surface area contributed by atoms with Gasteiger partial charge in [-0.25, -0.2) is 8.42 Å². The summed E-state index contributed by atoms with van der Waals surface area (Å²) in [4.78, 5) is 0. The summed E-state index contributed by atoms with van der Waals surface area (Å²) in [6, 6.07) is 6.42. The van der Waals surface area contributed by atoms with E-state index in [0.29, 0.717) is 11.3 Å². The average Bonchev–Trinajstić information content (AvgIpc) is 2.16. The largest absolute Gasteiger partial charge is 0.399 e. The molecule has 0 spiro atoms. The second-order valence-corrected chi connectivity index (χ2v) is 11.3. The summed E-state index contributed by atoms with van der Waals surface area (Å²) in [5.74, 6) is 0. The number of halogens is 2. The molecule has 3 N–H and O–H groups in total. The van der Waals surface area contributed by atoms with E-state index < -0.39 is 17.6 Å². The second kappa shape index (κ2) is 4.79. The first-order valence-corrected chi connectivity index (χ1v) is 8.03. The third kappa shape index (κ3) is 2.88. The minimum Gasteiger partial charge on any atom is -0.399 e. The first-order chi connectivity index (χ1) is 7.16. The lowest BCUT2D eigenvalue weighted by molar-refractivity contribution is 0.191. The van der Waals surface area contributed by atoms with Crippen molar-refractivity contribution in [1.29, 1.82) is 0 Å². The van der Waals surface area contributed by atoms with Gasteiger partial charge < -0.3 is 10.8 Å². The third-order valence-electron chi connectivity index (χ3n) is 2.06. The number of nitrogens with two attached hydrogens (primary N) is 1. The highest BCUT2D eigenvalue weighted by Gasteiger charge is 2.43. The normalized spacial score (nSPS) is 17.8. The van der Waals surface area contributed by atoms with Crippen molar-refractivity contribution in [2.45, 2.75) is 7.77 Å². The van der Waals surface area contributed by atoms with E-state index in [0.717, 1.165) is 6.26 Å². The van der Waals surface area contributed by atoms with E-state index in [9.17, 15) is 13.5 Å². The molecule has 1 rings (SSSR count). The number of aliphatic hydroxyl groups is 1. The predicted octanol–water partition coefficient (Wildman–Crippen LogP) is 1.83. The molecule has 4 nitrogen and oxygen atoms in total. The molecule has 0 saturated carbocycles. The fourth-order valence-corrected chi connectivity index (χ4v) is 2.24. The third-order valence-corrected chi connectivity index (χ3v) is 8.46. The Morgan fingerprint density at radius 1 is 1.44 bits per heavy atom. The van der Waals surface area contributed by atoms with Gasteiger partial charge in [0.2, 0.25) is 1.66 Å². The first-order valence-electron chi connectivity index (χ1n) is 4.27. The van der Waals surface area contributed by atoms with Crippen LogP contribution in [-0.2, 0) is 9.84 Å². The van der Waals surface area contributed by atoms with Crippen LogP contribution in [0.4, 0.5) is 5.69 Å². The molecule has 0 unspecified atom stereocenters. The minimum atomic E-state index is -3.44. The lowest BCUT2D eigenvalue weighted by Crippen LogP contribution is -2.31. The maximum Gasteiger partial charge on any atom is 0.206 e. The van der Waals surface area contributed by atoms with Crippen LogP contribution in [0.2, 0.25) is 0 Å². The van der Waals surface area contributed by atoms with Crippen molar-refractivity contribution >= 4 is 54.0 Å². The molecule has 0 amide bonds. The molecule has 0 aromatic heterocycles. The maximum atomic E-state index is 11.5. The number of nitrogen functional groups attached to an aromatic ring is 1. The van der Waals surface area contributed by atoms with Crippen LogP contribution in [0.1, 0.15) is 11.7 Å². The SMILES string of the molecule is CS(=O)(=O)[C@](Br)(I)[C@H](O)c1ccc(N)cc1. The number of hydrogen-bond donors (Lipinski definition) is 2. The summed E-state index contributed by atoms with van der Waals surface area (Å²) in [7, 11) is -3.44. The second-order valence-electron chi connectivity index (χ2n) is 3.40. The quantitative estimate of drug-likeness (QED) is 0.445. The fourth-order valence-electron chi connectivity index (χ4n) is 1.08. The molecule has 0 saturated heterocycles. The highest BCUT2D eigenvalue weighted by atomic mass is 127. The van der Waals surface area contributed by atoms with Crippen molar-refractivity contribution in [1.82, 2.24) is 0 Å². The Hall–Kier alpha value is 0.140. The van der Waals surface area contributed by atoms with Gasteiger partial charge in [0, 0.05) is 11.9 Å². The van der Waals surface area contributed by atoms with E-state index in [1.807, 2.05) is 0 Å². The van der Waals surface area contributed by atoms with Crippen molar-refractivity contribution in [2.75, 3.05) is 12.0 Å². The van der Waals surface area contributed by atoms with Crippen molar-refractivity contribution < 1.29 is 13.5 Å². The zero-order valence-corrected chi connectivity index (χ0v) is 13.0. The predicted molar refractivity (Wildman–Crippen MR) is 76.3 cm³/mol. The van der Waals surface area contributed by atoms with Gasteiger partial charge in [0.05, 0.1) is 0 Å². The van der Waals surface area contributed by atoms with Crippen molar-refractivity contribution in [3.8, 4) is 0 Å². The number of alkyl halides is 2. The van der Waals surface area contributed by atoms with Crippen LogP contribution in [0.3, 0.4) is 0 Å². The summed E-state index contributed by atoms with van der Waals surface area (Å²) in [5.41, 5.74) is 6.56. The van der Waals surface area contributed by atoms with Gasteiger partial charge in [-0.15, -0.1) is 0 Å². The summed E-state index contributed by atoms with van der Waals surface area (Å²) in [6.07, 6.45) is -0.0990. The average molecular weight is 420 g/mol.